The van der Waals surface area contributed by atoms with Crippen LogP contribution in [0, 0.1) is 5.92 Å². The summed E-state index contributed by atoms with van der Waals surface area (Å²) in [4.78, 5) is 33.4. The summed E-state index contributed by atoms with van der Waals surface area (Å²) >= 11 is 0. The number of carboxylic acid groups (broad SMARTS) is 2. The zero-order valence-electron chi connectivity index (χ0n) is 10.0. The average molecular weight is 259 g/mol. The van der Waals surface area contributed by atoms with E-state index in [0.717, 1.165) is 6.42 Å². The number of hydrogen-bond acceptors (Lipinski definition) is 4. The Hall–Kier alpha value is -1.63. The van der Waals surface area contributed by atoms with Crippen LogP contribution in [-0.2, 0) is 14.4 Å². The van der Waals surface area contributed by atoms with Gasteiger partial charge in [-0.3, -0.25) is 9.59 Å². The standard InChI is InChI=1S/C11H17NO6/c1-2-3-4-6-9(15)12-8(10(16)17)11(6,18)5-7(13)14/h6,8,18H,2-5H2,1H3,(H,12,15)(H,13,14)(H,16,17)/t6-,8+,11-/m1/s1. The van der Waals surface area contributed by atoms with Gasteiger partial charge in [-0.1, -0.05) is 19.8 Å². The summed E-state index contributed by atoms with van der Waals surface area (Å²) < 4.78 is 0. The second kappa shape index (κ2) is 5.34. The molecule has 1 aliphatic heterocycles. The molecular weight excluding hydrogens is 242 g/mol. The number of carboxylic acids is 2. The molecule has 4 N–H and O–H groups in total. The zero-order chi connectivity index (χ0) is 13.9. The first-order valence-corrected chi connectivity index (χ1v) is 5.80. The highest BCUT2D eigenvalue weighted by atomic mass is 16.4. The minimum Gasteiger partial charge on any atom is -0.481 e. The maximum atomic E-state index is 11.7. The van der Waals surface area contributed by atoms with Crippen molar-refractivity contribution in [1.29, 1.82) is 0 Å². The van der Waals surface area contributed by atoms with Gasteiger partial charge in [-0.2, -0.15) is 0 Å². The highest BCUT2D eigenvalue weighted by Crippen LogP contribution is 2.35. The van der Waals surface area contributed by atoms with Gasteiger partial charge in [0.05, 0.1) is 12.3 Å². The highest BCUT2D eigenvalue weighted by molar-refractivity contribution is 5.93. The molecule has 1 saturated heterocycles. The molecule has 1 amide bonds. The van der Waals surface area contributed by atoms with Gasteiger partial charge in [-0.25, -0.2) is 4.79 Å². The molecule has 0 aromatic carbocycles. The van der Waals surface area contributed by atoms with E-state index < -0.39 is 41.8 Å². The van der Waals surface area contributed by atoms with Gasteiger partial charge in [0.2, 0.25) is 5.91 Å². The highest BCUT2D eigenvalue weighted by Gasteiger charge is 2.57. The Morgan fingerprint density at radius 3 is 2.44 bits per heavy atom. The van der Waals surface area contributed by atoms with E-state index in [2.05, 4.69) is 5.32 Å². The van der Waals surface area contributed by atoms with Gasteiger partial charge in [0, 0.05) is 0 Å². The molecule has 7 nitrogen and oxygen atoms in total. The molecular formula is C11H17NO6. The first kappa shape index (κ1) is 14.4. The van der Waals surface area contributed by atoms with Gasteiger partial charge in [-0.05, 0) is 6.42 Å². The lowest BCUT2D eigenvalue weighted by molar-refractivity contribution is -0.153. The third kappa shape index (κ3) is 2.61. The van der Waals surface area contributed by atoms with E-state index in [0.29, 0.717) is 6.42 Å². The topological polar surface area (TPSA) is 124 Å². The molecule has 0 radical (unpaired) electrons. The van der Waals surface area contributed by atoms with E-state index >= 15 is 0 Å². The van der Waals surface area contributed by atoms with Crippen LogP contribution in [0.15, 0.2) is 0 Å². The summed E-state index contributed by atoms with van der Waals surface area (Å²) in [5.74, 6) is -4.35. The summed E-state index contributed by atoms with van der Waals surface area (Å²) in [7, 11) is 0. The van der Waals surface area contributed by atoms with Crippen molar-refractivity contribution in [2.75, 3.05) is 0 Å². The summed E-state index contributed by atoms with van der Waals surface area (Å²) in [5.41, 5.74) is -2.07. The summed E-state index contributed by atoms with van der Waals surface area (Å²) in [6.07, 6.45) is 0.893. The van der Waals surface area contributed by atoms with E-state index in [1.807, 2.05) is 6.92 Å². The van der Waals surface area contributed by atoms with Crippen molar-refractivity contribution >= 4 is 17.8 Å². The Morgan fingerprint density at radius 1 is 1.39 bits per heavy atom. The molecule has 1 rings (SSSR count). The maximum Gasteiger partial charge on any atom is 0.329 e. The zero-order valence-corrected chi connectivity index (χ0v) is 10.0. The van der Waals surface area contributed by atoms with Crippen LogP contribution in [0.3, 0.4) is 0 Å². The number of amides is 1. The monoisotopic (exact) mass is 259 g/mol. The molecule has 102 valence electrons. The lowest BCUT2D eigenvalue weighted by atomic mass is 9.79. The number of carbonyl (C=O) groups excluding carboxylic acids is 1. The smallest absolute Gasteiger partial charge is 0.329 e. The van der Waals surface area contributed by atoms with E-state index in [1.165, 1.54) is 0 Å². The van der Waals surface area contributed by atoms with E-state index in [9.17, 15) is 19.5 Å². The predicted octanol–water partition coefficient (Wildman–Crippen LogP) is -0.418. The second-order valence-corrected chi connectivity index (χ2v) is 4.54. The Kier molecular flexibility index (Phi) is 4.28. The van der Waals surface area contributed by atoms with Crippen LogP contribution in [0.25, 0.3) is 0 Å². The van der Waals surface area contributed by atoms with Crippen LogP contribution >= 0.6 is 0 Å². The van der Waals surface area contributed by atoms with E-state index in [4.69, 9.17) is 10.2 Å². The fourth-order valence-corrected chi connectivity index (χ4v) is 2.33. The van der Waals surface area contributed by atoms with E-state index in [1.54, 1.807) is 0 Å². The normalized spacial score (nSPS) is 31.1. The number of hydrogen-bond donors (Lipinski definition) is 4. The van der Waals surface area contributed by atoms with Gasteiger partial charge in [0.1, 0.15) is 5.60 Å². The number of aliphatic hydroxyl groups is 1. The molecule has 0 aromatic rings. The molecule has 0 unspecified atom stereocenters. The SMILES string of the molecule is CCCC[C@@H]1C(=O)N[C@@H](C(=O)O)[C@@]1(O)CC(=O)O. The van der Waals surface area contributed by atoms with Crippen molar-refractivity contribution < 1.29 is 29.7 Å². The Bertz CT molecular complexity index is 369. The first-order valence-electron chi connectivity index (χ1n) is 5.80. The lowest BCUT2D eigenvalue weighted by Crippen LogP contribution is -2.52. The number of aliphatic carboxylic acids is 2. The fourth-order valence-electron chi connectivity index (χ4n) is 2.33. The summed E-state index contributed by atoms with van der Waals surface area (Å²) in [5, 5.41) is 30.2. The van der Waals surface area contributed by atoms with Gasteiger partial charge in [0.25, 0.3) is 0 Å². The Balaban J connectivity index is 3.01. The lowest BCUT2D eigenvalue weighted by Gasteiger charge is -2.29. The van der Waals surface area contributed by atoms with Crippen LogP contribution in [-0.4, -0.2) is 44.8 Å². The van der Waals surface area contributed by atoms with Crippen LogP contribution < -0.4 is 5.32 Å². The number of unbranched alkanes of at least 4 members (excludes halogenated alkanes) is 1. The Morgan fingerprint density at radius 2 is 2.00 bits per heavy atom. The van der Waals surface area contributed by atoms with Crippen molar-refractivity contribution in [2.45, 2.75) is 44.2 Å². The molecule has 0 spiro atoms. The van der Waals surface area contributed by atoms with Crippen molar-refractivity contribution in [3.05, 3.63) is 0 Å². The van der Waals surface area contributed by atoms with Crippen molar-refractivity contribution in [3.63, 3.8) is 0 Å². The third-order valence-corrected chi connectivity index (χ3v) is 3.23. The number of nitrogens with one attached hydrogen (secondary N) is 1. The quantitative estimate of drug-likeness (QED) is 0.513. The minimum absolute atomic E-state index is 0.274. The van der Waals surface area contributed by atoms with Crippen molar-refractivity contribution in [1.82, 2.24) is 5.32 Å². The maximum absolute atomic E-state index is 11.7. The molecule has 0 bridgehead atoms. The first-order chi connectivity index (χ1) is 8.32. The molecule has 18 heavy (non-hydrogen) atoms. The van der Waals surface area contributed by atoms with Crippen LogP contribution in [0.4, 0.5) is 0 Å². The Labute approximate surface area is 104 Å². The van der Waals surface area contributed by atoms with Gasteiger partial charge in [0.15, 0.2) is 6.04 Å². The molecule has 7 heteroatoms. The van der Waals surface area contributed by atoms with Gasteiger partial charge < -0.3 is 20.6 Å². The number of carbonyl (C=O) groups is 3. The second-order valence-electron chi connectivity index (χ2n) is 4.54. The molecule has 1 heterocycles. The summed E-state index contributed by atoms with van der Waals surface area (Å²) in [6.45, 7) is 1.89. The minimum atomic E-state index is -2.07. The van der Waals surface area contributed by atoms with E-state index in [-0.39, 0.29) is 6.42 Å². The van der Waals surface area contributed by atoms with Crippen LogP contribution in [0.2, 0.25) is 0 Å². The van der Waals surface area contributed by atoms with Gasteiger partial charge >= 0.3 is 11.9 Å². The molecule has 1 aliphatic rings. The number of rotatable bonds is 6. The van der Waals surface area contributed by atoms with Crippen molar-refractivity contribution in [2.24, 2.45) is 5.92 Å². The molecule has 1 fully saturated rings. The molecule has 3 atom stereocenters. The third-order valence-electron chi connectivity index (χ3n) is 3.23. The van der Waals surface area contributed by atoms with Crippen LogP contribution in [0.1, 0.15) is 32.6 Å². The van der Waals surface area contributed by atoms with Gasteiger partial charge in [-0.15, -0.1) is 0 Å². The summed E-state index contributed by atoms with van der Waals surface area (Å²) in [6, 6.07) is -1.57. The molecule has 0 saturated carbocycles. The predicted molar refractivity (Wildman–Crippen MR) is 59.8 cm³/mol. The average Bonchev–Trinajstić information content (AvgIpc) is 2.47. The molecule has 0 aliphatic carbocycles. The molecule has 0 aromatic heterocycles. The largest absolute Gasteiger partial charge is 0.481 e. The van der Waals surface area contributed by atoms with Crippen LogP contribution in [0.5, 0.6) is 0 Å². The fraction of sp³-hybridized carbons (Fsp3) is 0.727. The van der Waals surface area contributed by atoms with Crippen molar-refractivity contribution in [3.8, 4) is 0 Å².